The van der Waals surface area contributed by atoms with E-state index in [9.17, 15) is 48.7 Å². The van der Waals surface area contributed by atoms with Gasteiger partial charge >= 0.3 is 5.51 Å². The first kappa shape index (κ1) is 49.2. The van der Waals surface area contributed by atoms with Gasteiger partial charge in [0.1, 0.15) is 4.90 Å². The molecule has 10 rings (SSSR count). The summed E-state index contributed by atoms with van der Waals surface area (Å²) in [7, 11) is -11.0. The number of allylic oxidation sites excluding steroid dienone is 1. The molecule has 68 heavy (non-hydrogen) atoms. The van der Waals surface area contributed by atoms with Crippen LogP contribution in [0.15, 0.2) is 98.6 Å². The number of alkyl halides is 5. The van der Waals surface area contributed by atoms with Crippen LogP contribution in [0.3, 0.4) is 0 Å². The van der Waals surface area contributed by atoms with Gasteiger partial charge in [-0.2, -0.15) is 13.2 Å². The van der Waals surface area contributed by atoms with Crippen molar-refractivity contribution in [3.63, 3.8) is 0 Å². The summed E-state index contributed by atoms with van der Waals surface area (Å²) >= 11 is 1.43. The molecule has 3 aromatic rings. The lowest BCUT2D eigenvalue weighted by Gasteiger charge is -2.72. The predicted molar refractivity (Wildman–Crippen MR) is 252 cm³/mol. The maximum absolute atomic E-state index is 14.2. The van der Waals surface area contributed by atoms with Crippen LogP contribution >= 0.6 is 11.8 Å². The fourth-order valence-electron chi connectivity index (χ4n) is 11.7. The molecule has 0 radical (unpaired) electrons. The Kier molecular flexibility index (Phi) is 13.8. The van der Waals surface area contributed by atoms with Gasteiger partial charge in [-0.05, 0) is 136 Å². The van der Waals surface area contributed by atoms with E-state index >= 15 is 0 Å². The summed E-state index contributed by atoms with van der Waals surface area (Å²) < 4.78 is 126. The molecular formula is C49H60F5N5O6S3. The Morgan fingerprint density at radius 2 is 1.53 bits per heavy atom. The number of sulfonamides is 1. The summed E-state index contributed by atoms with van der Waals surface area (Å²) in [6.07, 6.45) is 7.83. The third-order valence-corrected chi connectivity index (χ3v) is 19.8. The van der Waals surface area contributed by atoms with Crippen molar-refractivity contribution in [2.24, 2.45) is 16.2 Å². The molecule has 3 aromatic carbocycles. The van der Waals surface area contributed by atoms with Gasteiger partial charge in [-0.3, -0.25) is 9.69 Å². The molecule has 6 fully saturated rings. The number of nitrogens with one attached hydrogen (secondary N) is 2. The number of aliphatic hydroxyl groups excluding tert-OH is 1. The van der Waals surface area contributed by atoms with E-state index in [0.29, 0.717) is 88.5 Å². The zero-order chi connectivity index (χ0) is 48.1. The molecule has 2 aliphatic heterocycles. The quantitative estimate of drug-likeness (QED) is 0.0680. The van der Waals surface area contributed by atoms with Crippen LogP contribution in [0.5, 0.6) is 0 Å². The van der Waals surface area contributed by atoms with Crippen molar-refractivity contribution in [3.05, 3.63) is 89.5 Å². The second kappa shape index (κ2) is 19.1. The number of nitrogens with zero attached hydrogens (tertiary/aromatic N) is 3. The number of sulfone groups is 1. The minimum Gasteiger partial charge on any atom is -0.393 e. The number of halogens is 5. The van der Waals surface area contributed by atoms with Crippen LogP contribution in [0.2, 0.25) is 0 Å². The lowest BCUT2D eigenvalue weighted by molar-refractivity contribution is -0.250. The number of hydrogen-bond acceptors (Lipinski definition) is 11. The van der Waals surface area contributed by atoms with Crippen molar-refractivity contribution in [3.8, 4) is 0 Å². The maximum atomic E-state index is 14.2. The second-order valence-corrected chi connectivity index (χ2v) is 25.0. The van der Waals surface area contributed by atoms with Crippen molar-refractivity contribution in [1.29, 1.82) is 0 Å². The molecule has 0 aromatic heterocycles. The molecule has 2 saturated heterocycles. The molecule has 0 unspecified atom stereocenters. The fraction of sp³-hybridized carbons (Fsp3) is 0.571. The number of carbonyl (C=O) groups excluding carboxylic acids is 1. The van der Waals surface area contributed by atoms with E-state index in [4.69, 9.17) is 0 Å². The highest BCUT2D eigenvalue weighted by molar-refractivity contribution is 7.99. The molecule has 370 valence electrons. The average Bonchev–Trinajstić information content (AvgIpc) is 3.27. The highest BCUT2D eigenvalue weighted by Crippen LogP contribution is 2.80. The Labute approximate surface area is 400 Å². The van der Waals surface area contributed by atoms with E-state index in [1.165, 1.54) is 60.7 Å². The molecule has 11 nitrogen and oxygen atoms in total. The number of carbonyl (C=O) groups is 1. The van der Waals surface area contributed by atoms with Gasteiger partial charge in [0.2, 0.25) is 6.43 Å². The fourth-order valence-corrected chi connectivity index (χ4v) is 14.7. The van der Waals surface area contributed by atoms with Gasteiger partial charge in [-0.25, -0.2) is 30.3 Å². The minimum absolute atomic E-state index is 0.0186. The summed E-state index contributed by atoms with van der Waals surface area (Å²) in [5.41, 5.74) is -2.85. The Hall–Kier alpha value is -3.75. The molecule has 7 aliphatic rings. The summed E-state index contributed by atoms with van der Waals surface area (Å²) in [5.74, 6) is -0.706. The highest BCUT2D eigenvalue weighted by Gasteiger charge is 2.73. The van der Waals surface area contributed by atoms with Gasteiger partial charge in [-0.1, -0.05) is 35.8 Å². The predicted octanol–water partition coefficient (Wildman–Crippen LogP) is 8.73. The van der Waals surface area contributed by atoms with Gasteiger partial charge in [0.15, 0.2) is 0 Å². The lowest BCUT2D eigenvalue weighted by atomic mass is 9.31. The molecule has 1 atom stereocenters. The Bertz CT molecular complexity index is 2560. The molecule has 1 amide bonds. The summed E-state index contributed by atoms with van der Waals surface area (Å²) in [5, 5.41) is 12.9. The van der Waals surface area contributed by atoms with Crippen LogP contribution in [0.25, 0.3) is 0 Å². The monoisotopic (exact) mass is 1010 g/mol. The molecule has 3 N–H and O–H groups in total. The average molecular weight is 1010 g/mol. The highest BCUT2D eigenvalue weighted by atomic mass is 32.2. The van der Waals surface area contributed by atoms with Crippen molar-refractivity contribution >= 4 is 48.9 Å². The SMILES string of the molecule is O=C(NS(=O)(=O)c1ccc(N[C@H](CCN2CCC(O)CC2)CSc2ccccc2)c(S(=O)(=O)C(F)(F)F)c1)c1ccc(N2CCN(CC3=C(C45CC(C(F)F)(C4)C5)CC4(CCC4)CC3)CC2)cc1. The Balaban J connectivity index is 0.845. The number of hydrogen-bond donors (Lipinski definition) is 3. The number of rotatable bonds is 17. The van der Waals surface area contributed by atoms with E-state index in [1.54, 1.807) is 12.1 Å². The molecule has 2 bridgehead atoms. The van der Waals surface area contributed by atoms with Crippen molar-refractivity contribution < 1.29 is 48.7 Å². The van der Waals surface area contributed by atoms with Crippen LogP contribution < -0.4 is 14.9 Å². The van der Waals surface area contributed by atoms with Crippen molar-refractivity contribution in [1.82, 2.24) is 14.5 Å². The van der Waals surface area contributed by atoms with Gasteiger partial charge in [-0.15, -0.1) is 11.8 Å². The molecular weight excluding hydrogens is 946 g/mol. The number of piperidine rings is 1. The van der Waals surface area contributed by atoms with E-state index in [-0.39, 0.29) is 11.0 Å². The zero-order valence-corrected chi connectivity index (χ0v) is 40.4. The summed E-state index contributed by atoms with van der Waals surface area (Å²) in [4.78, 5) is 18.9. The van der Waals surface area contributed by atoms with Crippen molar-refractivity contribution in [2.75, 3.05) is 68.3 Å². The number of piperazine rings is 1. The topological polar surface area (TPSA) is 139 Å². The van der Waals surface area contributed by atoms with Crippen LogP contribution in [0.1, 0.15) is 87.4 Å². The first-order valence-electron chi connectivity index (χ1n) is 23.7. The van der Waals surface area contributed by atoms with Crippen LogP contribution in [-0.4, -0.2) is 120 Å². The largest absolute Gasteiger partial charge is 0.501 e. The first-order valence-corrected chi connectivity index (χ1v) is 27.7. The van der Waals surface area contributed by atoms with E-state index in [1.807, 2.05) is 35.1 Å². The lowest BCUT2D eigenvalue weighted by Crippen LogP contribution is -2.66. The van der Waals surface area contributed by atoms with Gasteiger partial charge in [0.05, 0.1) is 16.7 Å². The molecule has 2 heterocycles. The van der Waals surface area contributed by atoms with Gasteiger partial charge < -0.3 is 20.2 Å². The Morgan fingerprint density at radius 1 is 0.853 bits per heavy atom. The molecule has 4 saturated carbocycles. The van der Waals surface area contributed by atoms with Crippen molar-refractivity contribution in [2.45, 2.75) is 116 Å². The number of thioether (sulfide) groups is 1. The molecule has 5 aliphatic carbocycles. The smallest absolute Gasteiger partial charge is 0.393 e. The van der Waals surface area contributed by atoms with Crippen LogP contribution in [-0.2, 0) is 19.9 Å². The Morgan fingerprint density at radius 3 is 2.15 bits per heavy atom. The number of anilines is 2. The van der Waals surface area contributed by atoms with Crippen LogP contribution in [0.4, 0.5) is 33.3 Å². The standard InChI is InChI=1S/C49H60F5N5O6S3/c50-45(51)48-31-47(32-48,33-48)41-28-46(17-4-18-46)19-13-35(41)29-58-23-25-59(26-24-58)37-9-7-34(8-10-37)44(61)56-68(64,65)40-11-12-42(43(27-40)67(62,63)49(52,53)54)55-36(30-66-39-5-2-1-3-6-39)14-20-57-21-15-38(60)16-22-57/h1-3,5-12,27,36,38,45,55,60H,4,13-26,28-33H2,(H,56,61)/t36-,47?,48?/m1/s1. The number of likely N-dealkylation sites (tertiary alicyclic amines) is 1. The van der Waals surface area contributed by atoms with E-state index in [0.717, 1.165) is 55.2 Å². The van der Waals surface area contributed by atoms with Crippen LogP contribution in [0, 0.1) is 16.2 Å². The van der Waals surface area contributed by atoms with E-state index < -0.39 is 70.7 Å². The second-order valence-electron chi connectivity index (χ2n) is 20.3. The third-order valence-electron chi connectivity index (χ3n) is 15.8. The maximum Gasteiger partial charge on any atom is 0.501 e. The number of amides is 1. The normalized spacial score (nSPS) is 25.1. The number of aliphatic hydroxyl groups is 1. The zero-order valence-electron chi connectivity index (χ0n) is 38.0. The third kappa shape index (κ3) is 10.1. The van der Waals surface area contributed by atoms with E-state index in [2.05, 4.69) is 20.0 Å². The minimum atomic E-state index is -6.08. The molecule has 19 heteroatoms. The van der Waals surface area contributed by atoms with Gasteiger partial charge in [0, 0.05) is 85.7 Å². The molecule has 1 spiro atoms. The summed E-state index contributed by atoms with van der Waals surface area (Å²) in [6.45, 7) is 5.61. The van der Waals surface area contributed by atoms with Gasteiger partial charge in [0.25, 0.3) is 25.8 Å². The summed E-state index contributed by atoms with van der Waals surface area (Å²) in [6, 6.07) is 17.5. The first-order chi connectivity index (χ1) is 32.3. The number of benzene rings is 3.